The smallest absolute Gasteiger partial charge is 0.467 e. The van der Waals surface area contributed by atoms with Gasteiger partial charge in [-0.1, -0.05) is 18.2 Å². The second kappa shape index (κ2) is 9.71. The molecule has 0 spiro atoms. The molecule has 12 heteroatoms. The number of aliphatic hydroxyl groups is 1. The number of alkyl halides is 3. The lowest BCUT2D eigenvalue weighted by Gasteiger charge is -2.24. The van der Waals surface area contributed by atoms with Gasteiger partial charge < -0.3 is 15.2 Å². The maximum absolute atomic E-state index is 12.7. The summed E-state index contributed by atoms with van der Waals surface area (Å²) >= 11 is 1.05. The van der Waals surface area contributed by atoms with Crippen LogP contribution in [-0.2, 0) is 24.2 Å². The van der Waals surface area contributed by atoms with Crippen molar-refractivity contribution in [2.45, 2.75) is 21.6 Å². The molecule has 0 aromatic heterocycles. The van der Waals surface area contributed by atoms with Crippen LogP contribution in [0.25, 0.3) is 0 Å². The van der Waals surface area contributed by atoms with Crippen LogP contribution in [0.3, 0.4) is 0 Å². The number of esters is 1. The number of carbonyl (C=O) groups is 2. The Morgan fingerprint density at radius 3 is 2.16 bits per heavy atom. The molecule has 2 aromatic rings. The van der Waals surface area contributed by atoms with E-state index in [4.69, 9.17) is 0 Å². The van der Waals surface area contributed by atoms with E-state index in [-0.39, 0.29) is 16.3 Å². The number of hydrogen-bond donors (Lipinski definition) is 2. The van der Waals surface area contributed by atoms with Gasteiger partial charge in [0, 0.05) is 16.3 Å². The number of carbonyl (C=O) groups excluding carboxylic acids is 2. The molecule has 2 N–H and O–H groups in total. The monoisotopic (exact) mass is 477 g/mol. The third-order valence-electron chi connectivity index (χ3n) is 3.94. The van der Waals surface area contributed by atoms with E-state index in [2.05, 4.69) is 4.74 Å². The van der Waals surface area contributed by atoms with Crippen LogP contribution >= 0.6 is 11.8 Å². The highest BCUT2D eigenvalue weighted by molar-refractivity contribution is 7.99. The van der Waals surface area contributed by atoms with Gasteiger partial charge in [0.25, 0.3) is 0 Å². The minimum absolute atomic E-state index is 0.274. The minimum atomic E-state index is -5.10. The molecule has 2 rings (SSSR count). The maximum Gasteiger partial charge on any atom is 0.471 e. The zero-order valence-electron chi connectivity index (χ0n) is 16.0. The fourth-order valence-corrected chi connectivity index (χ4v) is 5.08. The van der Waals surface area contributed by atoms with E-state index in [1.165, 1.54) is 0 Å². The van der Waals surface area contributed by atoms with Gasteiger partial charge in [-0.2, -0.15) is 13.2 Å². The number of hydrogen-bond acceptors (Lipinski definition) is 7. The Balaban J connectivity index is 2.19. The van der Waals surface area contributed by atoms with Crippen LogP contribution in [0.5, 0.6) is 0 Å². The van der Waals surface area contributed by atoms with Gasteiger partial charge in [-0.3, -0.25) is 4.79 Å². The second-order valence-corrected chi connectivity index (χ2v) is 9.40. The fourth-order valence-electron chi connectivity index (χ4n) is 2.41. The second-order valence-electron chi connectivity index (χ2n) is 6.36. The molecule has 0 saturated heterocycles. The van der Waals surface area contributed by atoms with Crippen molar-refractivity contribution >= 4 is 39.2 Å². The molecule has 0 bridgehead atoms. The van der Waals surface area contributed by atoms with Crippen LogP contribution in [0.1, 0.15) is 0 Å². The number of amides is 1. The molecule has 1 atom stereocenters. The topological polar surface area (TPSA) is 110 Å². The molecule has 0 saturated carbocycles. The molecule has 0 radical (unpaired) electrons. The number of sulfone groups is 1. The third kappa shape index (κ3) is 6.71. The van der Waals surface area contributed by atoms with E-state index in [0.717, 1.165) is 43.1 Å². The summed E-state index contributed by atoms with van der Waals surface area (Å²) in [5.41, 5.74) is -2.65. The van der Waals surface area contributed by atoms with E-state index >= 15 is 0 Å². The number of halogens is 3. The van der Waals surface area contributed by atoms with Crippen LogP contribution in [0.4, 0.5) is 18.9 Å². The molecule has 2 aromatic carbocycles. The molecule has 1 amide bonds. The number of benzene rings is 2. The van der Waals surface area contributed by atoms with Crippen LogP contribution in [0.2, 0.25) is 0 Å². The van der Waals surface area contributed by atoms with Gasteiger partial charge in [0.05, 0.1) is 17.8 Å². The van der Waals surface area contributed by atoms with Crippen molar-refractivity contribution in [1.82, 2.24) is 0 Å². The predicted octanol–water partition coefficient (Wildman–Crippen LogP) is 2.66. The minimum Gasteiger partial charge on any atom is -0.467 e. The van der Waals surface area contributed by atoms with Gasteiger partial charge in [0.2, 0.25) is 0 Å². The molecule has 168 valence electrons. The van der Waals surface area contributed by atoms with Crippen molar-refractivity contribution in [3.05, 3.63) is 54.6 Å². The lowest BCUT2D eigenvalue weighted by atomic mass is 10.1. The standard InChI is InChI=1S/C19H18F3NO6S2/c1-29-17(25)18(26,11-30-14-5-3-2-4-6-14)12-31(27,28)15-9-7-13(8-10-15)23-16(24)19(20,21)22/h2-10,26H,11-12H2,1H3,(H,23,24). The van der Waals surface area contributed by atoms with Gasteiger partial charge in [-0.25, -0.2) is 13.2 Å². The SMILES string of the molecule is COC(=O)C(O)(CSc1ccccc1)CS(=O)(=O)c1ccc(NC(=O)C(F)(F)F)cc1. The van der Waals surface area contributed by atoms with Crippen molar-refractivity contribution in [2.24, 2.45) is 0 Å². The summed E-state index contributed by atoms with van der Waals surface area (Å²) < 4.78 is 67.0. The molecule has 31 heavy (non-hydrogen) atoms. The Kier molecular flexibility index (Phi) is 7.73. The first-order chi connectivity index (χ1) is 14.4. The van der Waals surface area contributed by atoms with Crippen molar-refractivity contribution in [2.75, 3.05) is 23.9 Å². The lowest BCUT2D eigenvalue weighted by Crippen LogP contribution is -2.48. The highest BCUT2D eigenvalue weighted by Gasteiger charge is 2.42. The molecular weight excluding hydrogens is 459 g/mol. The third-order valence-corrected chi connectivity index (χ3v) is 7.02. The number of anilines is 1. The number of ether oxygens (including phenoxy) is 1. The molecule has 0 fully saturated rings. The van der Waals surface area contributed by atoms with Crippen molar-refractivity contribution in [3.63, 3.8) is 0 Å². The average molecular weight is 477 g/mol. The highest BCUT2D eigenvalue weighted by Crippen LogP contribution is 2.27. The van der Waals surface area contributed by atoms with Gasteiger partial charge >= 0.3 is 18.1 Å². The van der Waals surface area contributed by atoms with Gasteiger partial charge in [-0.05, 0) is 36.4 Å². The maximum atomic E-state index is 12.7. The van der Waals surface area contributed by atoms with E-state index < -0.39 is 39.2 Å². The van der Waals surface area contributed by atoms with E-state index in [0.29, 0.717) is 4.90 Å². The van der Waals surface area contributed by atoms with E-state index in [1.54, 1.807) is 35.6 Å². The summed E-state index contributed by atoms with van der Waals surface area (Å²) in [7, 11) is -3.24. The molecule has 0 heterocycles. The summed E-state index contributed by atoms with van der Waals surface area (Å²) in [6.45, 7) is 0. The van der Waals surface area contributed by atoms with Crippen molar-refractivity contribution in [1.29, 1.82) is 0 Å². The summed E-state index contributed by atoms with van der Waals surface area (Å²) in [6.07, 6.45) is -5.10. The molecule has 0 aliphatic heterocycles. The first kappa shape index (κ1) is 24.7. The Hall–Kier alpha value is -2.57. The molecule has 0 aliphatic rings. The predicted molar refractivity (Wildman–Crippen MR) is 107 cm³/mol. The Bertz CT molecular complexity index is 1030. The normalized spacial score (nSPS) is 13.8. The van der Waals surface area contributed by atoms with Crippen molar-refractivity contribution < 1.29 is 41.0 Å². The highest BCUT2D eigenvalue weighted by atomic mass is 32.2. The summed E-state index contributed by atoms with van der Waals surface area (Å²) in [6, 6.07) is 12.5. The average Bonchev–Trinajstić information content (AvgIpc) is 2.72. The quantitative estimate of drug-likeness (QED) is 0.444. The summed E-state index contributed by atoms with van der Waals surface area (Å²) in [4.78, 5) is 23.4. The Labute approximate surface area is 180 Å². The zero-order chi connectivity index (χ0) is 23.3. The number of nitrogens with one attached hydrogen (secondary N) is 1. The number of rotatable bonds is 8. The van der Waals surface area contributed by atoms with Crippen LogP contribution in [-0.4, -0.2) is 55.8 Å². The number of thioether (sulfide) groups is 1. The van der Waals surface area contributed by atoms with Crippen LogP contribution in [0.15, 0.2) is 64.4 Å². The Morgan fingerprint density at radius 1 is 1.06 bits per heavy atom. The molecule has 0 aliphatic carbocycles. The van der Waals surface area contributed by atoms with Gasteiger partial charge in [-0.15, -0.1) is 11.8 Å². The largest absolute Gasteiger partial charge is 0.471 e. The first-order valence-electron chi connectivity index (χ1n) is 8.57. The van der Waals surface area contributed by atoms with E-state index in [1.807, 2.05) is 0 Å². The van der Waals surface area contributed by atoms with E-state index in [9.17, 15) is 36.3 Å². The molecule has 1 unspecified atom stereocenters. The van der Waals surface area contributed by atoms with Gasteiger partial charge in [0.15, 0.2) is 15.4 Å². The first-order valence-corrected chi connectivity index (χ1v) is 11.2. The molecule has 7 nitrogen and oxygen atoms in total. The van der Waals surface area contributed by atoms with Crippen molar-refractivity contribution in [3.8, 4) is 0 Å². The molecular formula is C19H18F3NO6S2. The fraction of sp³-hybridized carbons (Fsp3) is 0.263. The Morgan fingerprint density at radius 2 is 1.65 bits per heavy atom. The lowest BCUT2D eigenvalue weighted by molar-refractivity contribution is -0.167. The zero-order valence-corrected chi connectivity index (χ0v) is 17.7. The van der Waals surface area contributed by atoms with Crippen LogP contribution in [0, 0.1) is 0 Å². The summed E-state index contributed by atoms with van der Waals surface area (Å²) in [5.74, 6) is -4.68. The summed E-state index contributed by atoms with van der Waals surface area (Å²) in [5, 5.41) is 12.3. The van der Waals surface area contributed by atoms with Crippen LogP contribution < -0.4 is 5.32 Å². The van der Waals surface area contributed by atoms with Gasteiger partial charge in [0.1, 0.15) is 0 Å². The number of methoxy groups -OCH3 is 1.